The van der Waals surface area contributed by atoms with Crippen molar-refractivity contribution in [1.82, 2.24) is 0 Å². The van der Waals surface area contributed by atoms with Crippen LogP contribution < -0.4 is 0 Å². The standard InChI is InChI=1S/C23H19ClN2/c1-15-3-7-17(8-4-15)22-23(18-9-5-16(2)6-10-18)26-21-12-11-20(24)13-19(21)14-25-22/h3-13H,14H2,1-2H3. The number of hydrogen-bond acceptors (Lipinski definition) is 2. The number of halogens is 1. The Morgan fingerprint density at radius 2 is 1.31 bits per heavy atom. The fraction of sp³-hybridized carbons (Fsp3) is 0.130. The van der Waals surface area contributed by atoms with E-state index in [0.29, 0.717) is 11.6 Å². The molecule has 0 aromatic heterocycles. The first-order chi connectivity index (χ1) is 12.6. The molecule has 0 saturated carbocycles. The van der Waals surface area contributed by atoms with Gasteiger partial charge in [0.25, 0.3) is 0 Å². The van der Waals surface area contributed by atoms with Crippen LogP contribution in [0.3, 0.4) is 0 Å². The van der Waals surface area contributed by atoms with Gasteiger partial charge in [0.1, 0.15) is 0 Å². The second-order valence-corrected chi connectivity index (χ2v) is 7.07. The topological polar surface area (TPSA) is 24.7 Å². The Morgan fingerprint density at radius 1 is 0.731 bits per heavy atom. The maximum atomic E-state index is 6.17. The number of fused-ring (bicyclic) bond motifs is 1. The quantitative estimate of drug-likeness (QED) is 0.530. The minimum Gasteiger partial charge on any atom is -0.278 e. The number of hydrogen-bond donors (Lipinski definition) is 0. The summed E-state index contributed by atoms with van der Waals surface area (Å²) in [5, 5.41) is 0.713. The van der Waals surface area contributed by atoms with Crippen LogP contribution in [0.15, 0.2) is 76.7 Å². The zero-order valence-electron chi connectivity index (χ0n) is 14.8. The molecule has 0 fully saturated rings. The number of aliphatic imine (C=N–C) groups is 2. The first kappa shape index (κ1) is 16.7. The zero-order valence-corrected chi connectivity index (χ0v) is 15.6. The lowest BCUT2D eigenvalue weighted by Gasteiger charge is -2.10. The van der Waals surface area contributed by atoms with Crippen molar-refractivity contribution in [1.29, 1.82) is 0 Å². The fourth-order valence-electron chi connectivity index (χ4n) is 3.05. The second kappa shape index (κ2) is 6.89. The van der Waals surface area contributed by atoms with Gasteiger partial charge in [0.05, 0.1) is 23.7 Å². The van der Waals surface area contributed by atoms with Crippen molar-refractivity contribution in [3.05, 3.63) is 99.6 Å². The average molecular weight is 359 g/mol. The van der Waals surface area contributed by atoms with Gasteiger partial charge in [-0.3, -0.25) is 4.99 Å². The molecule has 1 aliphatic rings. The Labute approximate surface area is 158 Å². The molecule has 2 nitrogen and oxygen atoms in total. The molecule has 1 heterocycles. The summed E-state index contributed by atoms with van der Waals surface area (Å²) >= 11 is 6.17. The Hall–Kier alpha value is -2.71. The number of nitrogens with zero attached hydrogens (tertiary/aromatic N) is 2. The van der Waals surface area contributed by atoms with Gasteiger partial charge in [-0.1, -0.05) is 71.3 Å². The minimum absolute atomic E-state index is 0.567. The van der Waals surface area contributed by atoms with Crippen LogP contribution in [0, 0.1) is 13.8 Å². The van der Waals surface area contributed by atoms with Crippen molar-refractivity contribution in [3.63, 3.8) is 0 Å². The van der Waals surface area contributed by atoms with E-state index >= 15 is 0 Å². The molecule has 0 saturated heterocycles. The lowest BCUT2D eigenvalue weighted by molar-refractivity contribution is 1.08. The highest BCUT2D eigenvalue weighted by molar-refractivity contribution is 6.54. The first-order valence-electron chi connectivity index (χ1n) is 8.66. The van der Waals surface area contributed by atoms with Crippen LogP contribution in [0.4, 0.5) is 5.69 Å². The Kier molecular flexibility index (Phi) is 4.44. The maximum absolute atomic E-state index is 6.17. The fourth-order valence-corrected chi connectivity index (χ4v) is 3.25. The Morgan fingerprint density at radius 3 is 1.92 bits per heavy atom. The van der Waals surface area contributed by atoms with Crippen LogP contribution in [0.2, 0.25) is 5.02 Å². The van der Waals surface area contributed by atoms with E-state index in [0.717, 1.165) is 33.8 Å². The monoisotopic (exact) mass is 358 g/mol. The number of benzene rings is 3. The number of rotatable bonds is 2. The lowest BCUT2D eigenvalue weighted by Crippen LogP contribution is -2.17. The first-order valence-corrected chi connectivity index (χ1v) is 9.04. The third-order valence-corrected chi connectivity index (χ3v) is 4.79. The highest BCUT2D eigenvalue weighted by Crippen LogP contribution is 2.28. The van der Waals surface area contributed by atoms with E-state index < -0.39 is 0 Å². The molecule has 0 aliphatic carbocycles. The maximum Gasteiger partial charge on any atom is 0.0967 e. The lowest BCUT2D eigenvalue weighted by atomic mass is 9.98. The van der Waals surface area contributed by atoms with Gasteiger partial charge in [-0.2, -0.15) is 0 Å². The summed E-state index contributed by atoms with van der Waals surface area (Å²) in [7, 11) is 0. The third kappa shape index (κ3) is 3.33. The van der Waals surface area contributed by atoms with Gasteiger partial charge in [-0.05, 0) is 32.0 Å². The molecule has 0 radical (unpaired) electrons. The van der Waals surface area contributed by atoms with E-state index in [2.05, 4.69) is 62.4 Å². The van der Waals surface area contributed by atoms with E-state index in [1.165, 1.54) is 11.1 Å². The molecule has 3 aromatic carbocycles. The zero-order chi connectivity index (χ0) is 18.1. The Balaban J connectivity index is 1.90. The van der Waals surface area contributed by atoms with Crippen molar-refractivity contribution in [2.75, 3.05) is 0 Å². The van der Waals surface area contributed by atoms with Crippen molar-refractivity contribution >= 4 is 28.7 Å². The molecule has 0 unspecified atom stereocenters. The molecule has 1 aliphatic heterocycles. The van der Waals surface area contributed by atoms with E-state index in [-0.39, 0.29) is 0 Å². The van der Waals surface area contributed by atoms with Gasteiger partial charge in [0.15, 0.2) is 0 Å². The molecule has 0 spiro atoms. The normalized spacial score (nSPS) is 13.5. The second-order valence-electron chi connectivity index (χ2n) is 6.63. The van der Waals surface area contributed by atoms with Crippen LogP contribution in [-0.2, 0) is 6.54 Å². The molecule has 0 N–H and O–H groups in total. The van der Waals surface area contributed by atoms with Crippen LogP contribution in [0.5, 0.6) is 0 Å². The smallest absolute Gasteiger partial charge is 0.0967 e. The average Bonchev–Trinajstić information content (AvgIpc) is 2.82. The predicted octanol–water partition coefficient (Wildman–Crippen LogP) is 6.08. The van der Waals surface area contributed by atoms with E-state index in [4.69, 9.17) is 21.6 Å². The largest absolute Gasteiger partial charge is 0.278 e. The Bertz CT molecular complexity index is 1010. The molecule has 0 atom stereocenters. The molecular formula is C23H19ClN2. The summed E-state index contributed by atoms with van der Waals surface area (Å²) < 4.78 is 0. The molecule has 3 heteroatoms. The van der Waals surface area contributed by atoms with Crippen LogP contribution >= 0.6 is 11.6 Å². The van der Waals surface area contributed by atoms with Crippen molar-refractivity contribution < 1.29 is 0 Å². The molecule has 3 aromatic rings. The SMILES string of the molecule is Cc1ccc(C2=NCc3cc(Cl)ccc3N=C2c2ccc(C)cc2)cc1. The highest BCUT2D eigenvalue weighted by atomic mass is 35.5. The van der Waals surface area contributed by atoms with E-state index in [9.17, 15) is 0 Å². The summed E-state index contributed by atoms with van der Waals surface area (Å²) in [5.41, 5.74) is 8.39. The van der Waals surface area contributed by atoms with Gasteiger partial charge in [-0.15, -0.1) is 0 Å². The van der Waals surface area contributed by atoms with Gasteiger partial charge < -0.3 is 0 Å². The molecule has 26 heavy (non-hydrogen) atoms. The van der Waals surface area contributed by atoms with Crippen LogP contribution in [0.1, 0.15) is 27.8 Å². The predicted molar refractivity (Wildman–Crippen MR) is 110 cm³/mol. The molecule has 0 bridgehead atoms. The summed E-state index contributed by atoms with van der Waals surface area (Å²) in [4.78, 5) is 9.90. The molecule has 0 amide bonds. The van der Waals surface area contributed by atoms with Crippen molar-refractivity contribution in [2.45, 2.75) is 20.4 Å². The molecule has 4 rings (SSSR count). The van der Waals surface area contributed by atoms with Crippen molar-refractivity contribution in [3.8, 4) is 0 Å². The van der Waals surface area contributed by atoms with E-state index in [1.54, 1.807) is 0 Å². The van der Waals surface area contributed by atoms with Crippen LogP contribution in [-0.4, -0.2) is 11.4 Å². The van der Waals surface area contributed by atoms with Gasteiger partial charge in [0, 0.05) is 21.7 Å². The summed E-state index contributed by atoms with van der Waals surface area (Å²) in [6.45, 7) is 4.74. The van der Waals surface area contributed by atoms with Gasteiger partial charge in [-0.25, -0.2) is 4.99 Å². The van der Waals surface area contributed by atoms with Gasteiger partial charge >= 0.3 is 0 Å². The number of aryl methyl sites for hydroxylation is 2. The summed E-state index contributed by atoms with van der Waals surface area (Å²) in [5.74, 6) is 0. The summed E-state index contributed by atoms with van der Waals surface area (Å²) in [6, 6.07) is 22.7. The van der Waals surface area contributed by atoms with Crippen LogP contribution in [0.25, 0.3) is 0 Å². The summed E-state index contributed by atoms with van der Waals surface area (Å²) in [6.07, 6.45) is 0. The van der Waals surface area contributed by atoms with Crippen molar-refractivity contribution in [2.24, 2.45) is 9.98 Å². The molecule has 128 valence electrons. The third-order valence-electron chi connectivity index (χ3n) is 4.56. The molecular weight excluding hydrogens is 340 g/mol. The van der Waals surface area contributed by atoms with Gasteiger partial charge in [0.2, 0.25) is 0 Å². The highest BCUT2D eigenvalue weighted by Gasteiger charge is 2.18. The minimum atomic E-state index is 0.567. The van der Waals surface area contributed by atoms with E-state index in [1.807, 2.05) is 18.2 Å².